The Bertz CT molecular complexity index is 319. The molecule has 0 aromatic rings. The summed E-state index contributed by atoms with van der Waals surface area (Å²) in [7, 11) is 0. The first-order valence-electron chi connectivity index (χ1n) is 5.62. The minimum atomic E-state index is -0.809. The summed E-state index contributed by atoms with van der Waals surface area (Å²) < 4.78 is 5.38. The molecule has 2 fully saturated rings. The molecule has 0 radical (unpaired) electrons. The zero-order valence-corrected chi connectivity index (χ0v) is 9.63. The van der Waals surface area contributed by atoms with Crippen LogP contribution in [0.3, 0.4) is 0 Å². The molecule has 1 heterocycles. The van der Waals surface area contributed by atoms with Crippen molar-refractivity contribution in [3.05, 3.63) is 0 Å². The highest BCUT2D eigenvalue weighted by Gasteiger charge is 2.60. The number of esters is 1. The van der Waals surface area contributed by atoms with Gasteiger partial charge in [-0.05, 0) is 18.8 Å². The van der Waals surface area contributed by atoms with Gasteiger partial charge >= 0.3 is 5.97 Å². The number of Topliss-reactive ketones (excluding diaryl/α,β-unsaturated/α-hetero) is 1. The van der Waals surface area contributed by atoms with E-state index in [-0.39, 0.29) is 17.2 Å². The summed E-state index contributed by atoms with van der Waals surface area (Å²) in [5.41, 5.74) is -1.14. The molecule has 2 aliphatic rings. The topological polar surface area (TPSA) is 43.4 Å². The van der Waals surface area contributed by atoms with Gasteiger partial charge in [0, 0.05) is 11.8 Å². The average Bonchev–Trinajstić information content (AvgIpc) is 2.30. The van der Waals surface area contributed by atoms with Crippen LogP contribution in [0, 0.1) is 11.3 Å². The van der Waals surface area contributed by atoms with E-state index in [4.69, 9.17) is 4.74 Å². The van der Waals surface area contributed by atoms with Crippen LogP contribution in [0.4, 0.5) is 0 Å². The summed E-state index contributed by atoms with van der Waals surface area (Å²) in [6.45, 7) is 6.01. The molecular weight excluding hydrogens is 192 g/mol. The number of hydrogen-bond donors (Lipinski definition) is 0. The van der Waals surface area contributed by atoms with Crippen molar-refractivity contribution in [1.29, 1.82) is 0 Å². The molecule has 0 bridgehead atoms. The summed E-state index contributed by atoms with van der Waals surface area (Å²) in [5, 5.41) is 0. The van der Waals surface area contributed by atoms with Gasteiger partial charge in [0.25, 0.3) is 0 Å². The van der Waals surface area contributed by atoms with Gasteiger partial charge in [-0.3, -0.25) is 9.59 Å². The van der Waals surface area contributed by atoms with Crippen LogP contribution in [0.1, 0.15) is 46.5 Å². The molecule has 3 nitrogen and oxygen atoms in total. The summed E-state index contributed by atoms with van der Waals surface area (Å²) in [6, 6.07) is 0. The molecule has 0 aromatic heterocycles. The van der Waals surface area contributed by atoms with Gasteiger partial charge < -0.3 is 4.74 Å². The highest BCUT2D eigenvalue weighted by molar-refractivity contribution is 5.94. The summed E-state index contributed by atoms with van der Waals surface area (Å²) in [4.78, 5) is 23.5. The third kappa shape index (κ3) is 1.40. The first-order valence-corrected chi connectivity index (χ1v) is 5.62. The Balaban J connectivity index is 2.33. The third-order valence-corrected chi connectivity index (χ3v) is 3.94. The van der Waals surface area contributed by atoms with Gasteiger partial charge in [-0.2, -0.15) is 0 Å². The molecule has 2 atom stereocenters. The smallest absolute Gasteiger partial charge is 0.307 e. The fourth-order valence-corrected chi connectivity index (χ4v) is 2.87. The van der Waals surface area contributed by atoms with Crippen molar-refractivity contribution in [3.63, 3.8) is 0 Å². The van der Waals surface area contributed by atoms with Gasteiger partial charge in [0.15, 0.2) is 11.4 Å². The van der Waals surface area contributed by atoms with E-state index in [1.165, 1.54) is 0 Å². The van der Waals surface area contributed by atoms with Crippen LogP contribution in [0.5, 0.6) is 0 Å². The lowest BCUT2D eigenvalue weighted by Crippen LogP contribution is -2.52. The number of ketones is 1. The Morgan fingerprint density at radius 1 is 1.33 bits per heavy atom. The molecule has 15 heavy (non-hydrogen) atoms. The Hall–Kier alpha value is -0.860. The predicted molar refractivity (Wildman–Crippen MR) is 55.2 cm³/mol. The lowest BCUT2D eigenvalue weighted by Gasteiger charge is -2.41. The molecule has 1 spiro atoms. The van der Waals surface area contributed by atoms with Crippen LogP contribution in [-0.2, 0) is 14.3 Å². The van der Waals surface area contributed by atoms with E-state index in [1.807, 2.05) is 13.8 Å². The Kier molecular flexibility index (Phi) is 2.18. The monoisotopic (exact) mass is 210 g/mol. The molecule has 3 heteroatoms. The number of hydrogen-bond acceptors (Lipinski definition) is 3. The molecule has 0 N–H and O–H groups in total. The van der Waals surface area contributed by atoms with E-state index in [2.05, 4.69) is 6.92 Å². The number of carbonyl (C=O) groups is 2. The molecule has 0 amide bonds. The zero-order valence-electron chi connectivity index (χ0n) is 9.63. The summed E-state index contributed by atoms with van der Waals surface area (Å²) >= 11 is 0. The Labute approximate surface area is 90.2 Å². The quantitative estimate of drug-likeness (QED) is 0.575. The van der Waals surface area contributed by atoms with E-state index in [0.717, 1.165) is 6.42 Å². The van der Waals surface area contributed by atoms with Crippen molar-refractivity contribution in [3.8, 4) is 0 Å². The van der Waals surface area contributed by atoms with Crippen LogP contribution in [-0.4, -0.2) is 17.4 Å². The second-order valence-corrected chi connectivity index (χ2v) is 5.63. The molecule has 1 aliphatic carbocycles. The Morgan fingerprint density at radius 2 is 2.00 bits per heavy atom. The van der Waals surface area contributed by atoms with Crippen molar-refractivity contribution >= 4 is 11.8 Å². The minimum absolute atomic E-state index is 0.122. The SMILES string of the molecule is C[C@@H]1CC[C@@]2(OC(=O)CC2(C)C)C(=O)C1. The van der Waals surface area contributed by atoms with Crippen molar-refractivity contribution < 1.29 is 14.3 Å². The normalized spacial score (nSPS) is 39.5. The highest BCUT2D eigenvalue weighted by atomic mass is 16.6. The lowest BCUT2D eigenvalue weighted by molar-refractivity contribution is -0.167. The summed E-state index contributed by atoms with van der Waals surface area (Å²) in [6.07, 6.45) is 2.60. The number of carbonyl (C=O) groups excluding carboxylic acids is 2. The first kappa shape index (κ1) is 10.7. The Morgan fingerprint density at radius 3 is 2.47 bits per heavy atom. The van der Waals surface area contributed by atoms with E-state index in [9.17, 15) is 9.59 Å². The van der Waals surface area contributed by atoms with Crippen LogP contribution in [0.25, 0.3) is 0 Å². The second kappa shape index (κ2) is 3.06. The fraction of sp³-hybridized carbons (Fsp3) is 0.833. The molecular formula is C12H18O3. The molecule has 0 aromatic carbocycles. The van der Waals surface area contributed by atoms with Crippen molar-refractivity contribution in [2.75, 3.05) is 0 Å². The van der Waals surface area contributed by atoms with Gasteiger partial charge in [-0.15, -0.1) is 0 Å². The second-order valence-electron chi connectivity index (χ2n) is 5.63. The fourth-order valence-electron chi connectivity index (χ4n) is 2.87. The van der Waals surface area contributed by atoms with Crippen molar-refractivity contribution in [2.24, 2.45) is 11.3 Å². The van der Waals surface area contributed by atoms with E-state index >= 15 is 0 Å². The maximum Gasteiger partial charge on any atom is 0.307 e. The molecule has 84 valence electrons. The van der Waals surface area contributed by atoms with Gasteiger partial charge in [-0.25, -0.2) is 0 Å². The number of ether oxygens (including phenoxy) is 1. The zero-order chi connectivity index (χ0) is 11.3. The predicted octanol–water partition coefficient (Wildman–Crippen LogP) is 2.09. The van der Waals surface area contributed by atoms with Crippen LogP contribution in [0.2, 0.25) is 0 Å². The van der Waals surface area contributed by atoms with E-state index in [1.54, 1.807) is 0 Å². The van der Waals surface area contributed by atoms with Crippen LogP contribution >= 0.6 is 0 Å². The maximum atomic E-state index is 12.1. The van der Waals surface area contributed by atoms with E-state index in [0.29, 0.717) is 25.2 Å². The average molecular weight is 210 g/mol. The standard InChI is InChI=1S/C12H18O3/c1-8-4-5-12(9(13)6-8)11(2,3)7-10(14)15-12/h8H,4-7H2,1-3H3/t8-,12-/m1/s1. The minimum Gasteiger partial charge on any atom is -0.450 e. The molecule has 1 saturated heterocycles. The van der Waals surface area contributed by atoms with Crippen LogP contribution < -0.4 is 0 Å². The molecule has 0 unspecified atom stereocenters. The molecule has 1 saturated carbocycles. The van der Waals surface area contributed by atoms with Gasteiger partial charge in [0.2, 0.25) is 0 Å². The number of rotatable bonds is 0. The van der Waals surface area contributed by atoms with Crippen molar-refractivity contribution in [2.45, 2.75) is 52.1 Å². The van der Waals surface area contributed by atoms with E-state index < -0.39 is 5.60 Å². The van der Waals surface area contributed by atoms with Gasteiger partial charge in [0.1, 0.15) is 0 Å². The van der Waals surface area contributed by atoms with Crippen molar-refractivity contribution in [1.82, 2.24) is 0 Å². The van der Waals surface area contributed by atoms with Crippen LogP contribution in [0.15, 0.2) is 0 Å². The summed E-state index contributed by atoms with van der Waals surface area (Å²) in [5.74, 6) is 0.332. The molecule has 2 rings (SSSR count). The first-order chi connectivity index (χ1) is 6.87. The third-order valence-electron chi connectivity index (χ3n) is 3.94. The largest absolute Gasteiger partial charge is 0.450 e. The molecule has 1 aliphatic heterocycles. The maximum absolute atomic E-state index is 12.1. The highest BCUT2D eigenvalue weighted by Crippen LogP contribution is 2.50. The van der Waals surface area contributed by atoms with Gasteiger partial charge in [-0.1, -0.05) is 20.8 Å². The van der Waals surface area contributed by atoms with Gasteiger partial charge in [0.05, 0.1) is 6.42 Å². The lowest BCUT2D eigenvalue weighted by atomic mass is 9.65.